The van der Waals surface area contributed by atoms with E-state index in [9.17, 15) is 9.59 Å². The van der Waals surface area contributed by atoms with Gasteiger partial charge in [0.05, 0.1) is 0 Å². The molecular formula is C13H16N4O2. The molecule has 1 aromatic rings. The summed E-state index contributed by atoms with van der Waals surface area (Å²) in [5, 5.41) is 2.91. The number of imide groups is 1. The lowest BCUT2D eigenvalue weighted by molar-refractivity contribution is -0.147. The number of guanidine groups is 1. The monoisotopic (exact) mass is 260 g/mol. The van der Waals surface area contributed by atoms with Crippen LogP contribution in [-0.2, 0) is 9.59 Å². The van der Waals surface area contributed by atoms with Gasteiger partial charge in [0.15, 0.2) is 5.96 Å². The Morgan fingerprint density at radius 1 is 1.37 bits per heavy atom. The molecule has 0 aliphatic carbocycles. The smallest absolute Gasteiger partial charge is 0.253 e. The number of para-hydroxylation sites is 1. The molecule has 1 aromatic carbocycles. The van der Waals surface area contributed by atoms with Gasteiger partial charge in [0, 0.05) is 19.2 Å². The molecule has 19 heavy (non-hydrogen) atoms. The molecule has 2 amide bonds. The molecule has 1 fully saturated rings. The Morgan fingerprint density at radius 2 is 2.05 bits per heavy atom. The van der Waals surface area contributed by atoms with Crippen molar-refractivity contribution in [3.63, 3.8) is 0 Å². The molecule has 0 saturated carbocycles. The second-order valence-corrected chi connectivity index (χ2v) is 4.35. The van der Waals surface area contributed by atoms with Gasteiger partial charge in [-0.25, -0.2) is 4.99 Å². The highest BCUT2D eigenvalue weighted by molar-refractivity contribution is 6.02. The topological polar surface area (TPSA) is 87.8 Å². The second kappa shape index (κ2) is 5.51. The van der Waals surface area contributed by atoms with E-state index in [2.05, 4.69) is 10.3 Å². The van der Waals surface area contributed by atoms with E-state index in [4.69, 9.17) is 5.73 Å². The minimum Gasteiger partial charge on any atom is -0.370 e. The van der Waals surface area contributed by atoms with Gasteiger partial charge >= 0.3 is 0 Å². The molecule has 1 heterocycles. The lowest BCUT2D eigenvalue weighted by atomic mass is 10.1. The summed E-state index contributed by atoms with van der Waals surface area (Å²) >= 11 is 0. The Bertz CT molecular complexity index is 513. The van der Waals surface area contributed by atoms with Crippen molar-refractivity contribution in [1.82, 2.24) is 4.90 Å². The van der Waals surface area contributed by atoms with Gasteiger partial charge in [0.1, 0.15) is 6.04 Å². The largest absolute Gasteiger partial charge is 0.370 e. The minimum atomic E-state index is -0.584. The van der Waals surface area contributed by atoms with E-state index in [1.54, 1.807) is 0 Å². The molecule has 0 spiro atoms. The van der Waals surface area contributed by atoms with E-state index >= 15 is 0 Å². The maximum absolute atomic E-state index is 11.8. The van der Waals surface area contributed by atoms with Crippen LogP contribution in [0.1, 0.15) is 12.8 Å². The van der Waals surface area contributed by atoms with E-state index in [0.29, 0.717) is 12.8 Å². The van der Waals surface area contributed by atoms with Gasteiger partial charge in [-0.15, -0.1) is 0 Å². The Hall–Kier alpha value is -2.37. The SMILES string of the molecule is CN1C(=O)CCC(N=C(N)Nc2ccccc2)C1=O. The molecule has 0 radical (unpaired) electrons. The summed E-state index contributed by atoms with van der Waals surface area (Å²) in [6.07, 6.45) is 0.716. The van der Waals surface area contributed by atoms with Crippen molar-refractivity contribution in [2.75, 3.05) is 12.4 Å². The number of nitrogens with zero attached hydrogens (tertiary/aromatic N) is 2. The molecule has 0 bridgehead atoms. The summed E-state index contributed by atoms with van der Waals surface area (Å²) in [6, 6.07) is 8.74. The number of benzene rings is 1. The molecule has 6 heteroatoms. The van der Waals surface area contributed by atoms with Crippen LogP contribution in [0.15, 0.2) is 35.3 Å². The molecule has 2 rings (SSSR count). The van der Waals surface area contributed by atoms with Crippen molar-refractivity contribution in [2.24, 2.45) is 10.7 Å². The highest BCUT2D eigenvalue weighted by Crippen LogP contribution is 2.14. The quantitative estimate of drug-likeness (QED) is 0.462. The highest BCUT2D eigenvalue weighted by atomic mass is 16.2. The molecular weight excluding hydrogens is 244 g/mol. The number of rotatable bonds is 2. The van der Waals surface area contributed by atoms with Gasteiger partial charge in [-0.3, -0.25) is 14.5 Å². The third-order valence-corrected chi connectivity index (χ3v) is 2.96. The Kier molecular flexibility index (Phi) is 3.79. The first-order valence-corrected chi connectivity index (χ1v) is 6.03. The zero-order valence-electron chi connectivity index (χ0n) is 10.7. The van der Waals surface area contributed by atoms with Crippen LogP contribution in [-0.4, -0.2) is 35.8 Å². The number of nitrogens with two attached hydrogens (primary N) is 1. The van der Waals surface area contributed by atoms with Gasteiger partial charge in [0.25, 0.3) is 5.91 Å². The summed E-state index contributed by atoms with van der Waals surface area (Å²) < 4.78 is 0. The van der Waals surface area contributed by atoms with Crippen LogP contribution in [0.25, 0.3) is 0 Å². The van der Waals surface area contributed by atoms with Gasteiger partial charge in [-0.2, -0.15) is 0 Å². The number of hydrogen-bond acceptors (Lipinski definition) is 3. The fraction of sp³-hybridized carbons (Fsp3) is 0.308. The average molecular weight is 260 g/mol. The van der Waals surface area contributed by atoms with Crippen LogP contribution in [0, 0.1) is 0 Å². The first kappa shape index (κ1) is 13.1. The zero-order chi connectivity index (χ0) is 13.8. The van der Waals surface area contributed by atoms with E-state index in [0.717, 1.165) is 10.6 Å². The fourth-order valence-corrected chi connectivity index (χ4v) is 1.89. The van der Waals surface area contributed by atoms with Crippen LogP contribution >= 0.6 is 0 Å². The van der Waals surface area contributed by atoms with Crippen molar-refractivity contribution in [3.05, 3.63) is 30.3 Å². The number of likely N-dealkylation sites (tertiary alicyclic amines) is 1. The molecule has 1 atom stereocenters. The summed E-state index contributed by atoms with van der Waals surface area (Å²) in [5.41, 5.74) is 6.56. The number of likely N-dealkylation sites (N-methyl/N-ethyl adjacent to an activating group) is 1. The van der Waals surface area contributed by atoms with Crippen LogP contribution < -0.4 is 11.1 Å². The van der Waals surface area contributed by atoms with Gasteiger partial charge < -0.3 is 11.1 Å². The number of amides is 2. The van der Waals surface area contributed by atoms with E-state index in [-0.39, 0.29) is 17.8 Å². The second-order valence-electron chi connectivity index (χ2n) is 4.35. The molecule has 1 aliphatic heterocycles. The zero-order valence-corrected chi connectivity index (χ0v) is 10.7. The molecule has 1 aliphatic rings. The third-order valence-electron chi connectivity index (χ3n) is 2.96. The maximum Gasteiger partial charge on any atom is 0.253 e. The van der Waals surface area contributed by atoms with Gasteiger partial charge in [0.2, 0.25) is 5.91 Å². The Labute approximate surface area is 111 Å². The number of piperidine rings is 1. The summed E-state index contributed by atoms with van der Waals surface area (Å²) in [7, 11) is 1.47. The van der Waals surface area contributed by atoms with Crippen molar-refractivity contribution in [3.8, 4) is 0 Å². The van der Waals surface area contributed by atoms with Crippen molar-refractivity contribution in [1.29, 1.82) is 0 Å². The fourth-order valence-electron chi connectivity index (χ4n) is 1.89. The van der Waals surface area contributed by atoms with Crippen LogP contribution in [0.2, 0.25) is 0 Å². The first-order valence-electron chi connectivity index (χ1n) is 6.03. The molecule has 6 nitrogen and oxygen atoms in total. The number of carbonyl (C=O) groups is 2. The molecule has 0 aromatic heterocycles. The van der Waals surface area contributed by atoms with Crippen LogP contribution in [0.5, 0.6) is 0 Å². The average Bonchev–Trinajstić information content (AvgIpc) is 2.41. The summed E-state index contributed by atoms with van der Waals surface area (Å²) in [4.78, 5) is 28.4. The van der Waals surface area contributed by atoms with Crippen LogP contribution in [0.3, 0.4) is 0 Å². The Morgan fingerprint density at radius 3 is 2.74 bits per heavy atom. The van der Waals surface area contributed by atoms with Crippen molar-refractivity contribution < 1.29 is 9.59 Å². The Balaban J connectivity index is 2.04. The van der Waals surface area contributed by atoms with E-state index in [1.165, 1.54) is 7.05 Å². The van der Waals surface area contributed by atoms with Gasteiger partial charge in [-0.1, -0.05) is 18.2 Å². The normalized spacial score (nSPS) is 20.6. The predicted molar refractivity (Wildman–Crippen MR) is 72.5 cm³/mol. The van der Waals surface area contributed by atoms with E-state index < -0.39 is 6.04 Å². The summed E-state index contributed by atoms with van der Waals surface area (Å²) in [5.74, 6) is -0.313. The predicted octanol–water partition coefficient (Wildman–Crippen LogP) is 0.561. The molecule has 1 saturated heterocycles. The lowest BCUT2D eigenvalue weighted by Gasteiger charge is -2.25. The minimum absolute atomic E-state index is 0.173. The van der Waals surface area contributed by atoms with Crippen molar-refractivity contribution >= 4 is 23.5 Å². The number of hydrogen-bond donors (Lipinski definition) is 2. The maximum atomic E-state index is 11.8. The number of nitrogens with one attached hydrogen (secondary N) is 1. The number of anilines is 1. The van der Waals surface area contributed by atoms with Crippen LogP contribution in [0.4, 0.5) is 5.69 Å². The number of carbonyl (C=O) groups excluding carboxylic acids is 2. The van der Waals surface area contributed by atoms with E-state index in [1.807, 2.05) is 30.3 Å². The third kappa shape index (κ3) is 3.09. The summed E-state index contributed by atoms with van der Waals surface area (Å²) in [6.45, 7) is 0. The first-order chi connectivity index (χ1) is 9.08. The molecule has 100 valence electrons. The highest BCUT2D eigenvalue weighted by Gasteiger charge is 2.31. The lowest BCUT2D eigenvalue weighted by Crippen LogP contribution is -2.45. The standard InChI is InChI=1S/C13H16N4O2/c1-17-11(18)8-7-10(12(17)19)16-13(14)15-9-5-3-2-4-6-9/h2-6,10H,7-8H2,1H3,(H3,14,15,16). The van der Waals surface area contributed by atoms with Crippen molar-refractivity contribution in [2.45, 2.75) is 18.9 Å². The van der Waals surface area contributed by atoms with Gasteiger partial charge in [-0.05, 0) is 18.6 Å². The molecule has 3 N–H and O–H groups in total. The number of aliphatic imine (C=N–C) groups is 1. The molecule has 1 unspecified atom stereocenters.